The van der Waals surface area contributed by atoms with Crippen molar-refractivity contribution < 1.29 is 23.2 Å². The number of fused-ring (bicyclic) bond motifs is 1. The lowest BCUT2D eigenvalue weighted by molar-refractivity contribution is 0.0905. The number of rotatable bonds is 7. The Bertz CT molecular complexity index is 884. The standard InChI is InChI=1S/C17H19N3O5/c1-10-12-9-11(23-3)5-6-13(12)24-14(10)15-19-17(25-20-15)16(21)18-7-4-8-22-2/h5-6,9H,4,7-8H2,1-3H3,(H,18,21). The van der Waals surface area contributed by atoms with E-state index in [4.69, 9.17) is 18.4 Å². The summed E-state index contributed by atoms with van der Waals surface area (Å²) in [5, 5.41) is 7.44. The molecular formula is C17H19N3O5. The zero-order valence-corrected chi connectivity index (χ0v) is 14.3. The van der Waals surface area contributed by atoms with Crippen LogP contribution in [-0.4, -0.2) is 43.4 Å². The summed E-state index contributed by atoms with van der Waals surface area (Å²) in [6.07, 6.45) is 0.702. The van der Waals surface area contributed by atoms with Gasteiger partial charge in [-0.05, 0) is 31.5 Å². The van der Waals surface area contributed by atoms with Crippen LogP contribution < -0.4 is 10.1 Å². The lowest BCUT2D eigenvalue weighted by atomic mass is 10.1. The third kappa shape index (κ3) is 3.48. The number of amides is 1. The predicted octanol–water partition coefficient (Wildman–Crippen LogP) is 2.57. The highest BCUT2D eigenvalue weighted by Gasteiger charge is 2.21. The number of aryl methyl sites for hydroxylation is 1. The monoisotopic (exact) mass is 345 g/mol. The molecule has 1 aromatic carbocycles. The zero-order valence-electron chi connectivity index (χ0n) is 14.3. The first-order chi connectivity index (χ1) is 12.1. The van der Waals surface area contributed by atoms with Crippen molar-refractivity contribution in [1.82, 2.24) is 15.5 Å². The summed E-state index contributed by atoms with van der Waals surface area (Å²) in [6, 6.07) is 5.50. The molecule has 0 saturated heterocycles. The maximum Gasteiger partial charge on any atom is 0.316 e. The topological polar surface area (TPSA) is 99.6 Å². The van der Waals surface area contributed by atoms with E-state index in [1.54, 1.807) is 14.2 Å². The Balaban J connectivity index is 1.81. The van der Waals surface area contributed by atoms with Crippen molar-refractivity contribution >= 4 is 16.9 Å². The predicted molar refractivity (Wildman–Crippen MR) is 89.6 cm³/mol. The molecule has 25 heavy (non-hydrogen) atoms. The van der Waals surface area contributed by atoms with Gasteiger partial charge in [0.05, 0.1) is 7.11 Å². The Morgan fingerprint density at radius 1 is 1.32 bits per heavy atom. The van der Waals surface area contributed by atoms with E-state index in [0.717, 1.165) is 16.7 Å². The Kier molecular flexibility index (Phi) is 4.99. The Morgan fingerprint density at radius 3 is 2.92 bits per heavy atom. The SMILES string of the molecule is COCCCNC(=O)c1nc(-c2oc3ccc(OC)cc3c2C)no1. The van der Waals surface area contributed by atoms with Crippen molar-refractivity contribution in [2.75, 3.05) is 27.4 Å². The van der Waals surface area contributed by atoms with Crippen LogP contribution in [0.15, 0.2) is 27.1 Å². The second kappa shape index (κ2) is 7.35. The van der Waals surface area contributed by atoms with Crippen LogP contribution in [-0.2, 0) is 4.74 Å². The molecule has 8 heteroatoms. The Morgan fingerprint density at radius 2 is 2.16 bits per heavy atom. The molecule has 0 saturated carbocycles. The number of methoxy groups -OCH3 is 2. The van der Waals surface area contributed by atoms with Gasteiger partial charge in [-0.25, -0.2) is 0 Å². The second-order valence-corrected chi connectivity index (χ2v) is 5.44. The number of nitrogens with zero attached hydrogens (tertiary/aromatic N) is 2. The molecular weight excluding hydrogens is 326 g/mol. The van der Waals surface area contributed by atoms with E-state index in [1.807, 2.05) is 25.1 Å². The van der Waals surface area contributed by atoms with Gasteiger partial charge in [0, 0.05) is 31.2 Å². The fourth-order valence-electron chi connectivity index (χ4n) is 2.44. The summed E-state index contributed by atoms with van der Waals surface area (Å²) < 4.78 is 21.0. The van der Waals surface area contributed by atoms with Crippen LogP contribution in [0.2, 0.25) is 0 Å². The lowest BCUT2D eigenvalue weighted by Gasteiger charge is -2.00. The number of hydrogen-bond acceptors (Lipinski definition) is 7. The molecule has 0 atom stereocenters. The second-order valence-electron chi connectivity index (χ2n) is 5.44. The summed E-state index contributed by atoms with van der Waals surface area (Å²) in [5.41, 5.74) is 1.53. The highest BCUT2D eigenvalue weighted by atomic mass is 16.5. The third-order valence-electron chi connectivity index (χ3n) is 3.78. The van der Waals surface area contributed by atoms with E-state index in [1.165, 1.54) is 0 Å². The Labute approximate surface area is 144 Å². The molecule has 2 aromatic heterocycles. The molecule has 0 unspecified atom stereocenters. The Hall–Kier alpha value is -2.87. The van der Waals surface area contributed by atoms with Gasteiger partial charge in [-0.15, -0.1) is 0 Å². The van der Waals surface area contributed by atoms with Gasteiger partial charge < -0.3 is 23.7 Å². The van der Waals surface area contributed by atoms with Crippen LogP contribution >= 0.6 is 0 Å². The first-order valence-electron chi connectivity index (χ1n) is 7.82. The zero-order chi connectivity index (χ0) is 17.8. The summed E-state index contributed by atoms with van der Waals surface area (Å²) in [7, 11) is 3.21. The summed E-state index contributed by atoms with van der Waals surface area (Å²) in [6.45, 7) is 2.92. The molecule has 2 heterocycles. The number of benzene rings is 1. The fraction of sp³-hybridized carbons (Fsp3) is 0.353. The van der Waals surface area contributed by atoms with Gasteiger partial charge in [-0.2, -0.15) is 4.98 Å². The van der Waals surface area contributed by atoms with Crippen LogP contribution in [0.5, 0.6) is 5.75 Å². The highest BCUT2D eigenvalue weighted by Crippen LogP contribution is 2.33. The van der Waals surface area contributed by atoms with Crippen LogP contribution in [0.1, 0.15) is 22.7 Å². The molecule has 0 spiro atoms. The van der Waals surface area contributed by atoms with Gasteiger partial charge in [0.15, 0.2) is 5.76 Å². The van der Waals surface area contributed by atoms with Gasteiger partial charge in [0.2, 0.25) is 5.82 Å². The van der Waals surface area contributed by atoms with Crippen molar-refractivity contribution in [2.45, 2.75) is 13.3 Å². The summed E-state index contributed by atoms with van der Waals surface area (Å²) in [4.78, 5) is 16.1. The quantitative estimate of drug-likeness (QED) is 0.657. The lowest BCUT2D eigenvalue weighted by Crippen LogP contribution is -2.25. The van der Waals surface area contributed by atoms with E-state index in [-0.39, 0.29) is 11.7 Å². The van der Waals surface area contributed by atoms with Crippen molar-refractivity contribution in [3.63, 3.8) is 0 Å². The molecule has 3 rings (SSSR count). The number of carbonyl (C=O) groups is 1. The maximum absolute atomic E-state index is 12.0. The number of ether oxygens (including phenoxy) is 2. The normalized spacial score (nSPS) is 11.0. The average molecular weight is 345 g/mol. The molecule has 132 valence electrons. The molecule has 1 amide bonds. The van der Waals surface area contributed by atoms with Crippen LogP contribution in [0, 0.1) is 6.92 Å². The first-order valence-corrected chi connectivity index (χ1v) is 7.82. The van der Waals surface area contributed by atoms with Crippen LogP contribution in [0.3, 0.4) is 0 Å². The van der Waals surface area contributed by atoms with E-state index < -0.39 is 5.91 Å². The van der Waals surface area contributed by atoms with Gasteiger partial charge in [0.1, 0.15) is 11.3 Å². The molecule has 0 fully saturated rings. The fourth-order valence-corrected chi connectivity index (χ4v) is 2.44. The number of furan rings is 1. The molecule has 3 aromatic rings. The van der Waals surface area contributed by atoms with Crippen molar-refractivity contribution in [2.24, 2.45) is 0 Å². The number of nitrogens with one attached hydrogen (secondary N) is 1. The van der Waals surface area contributed by atoms with E-state index in [0.29, 0.717) is 30.9 Å². The van der Waals surface area contributed by atoms with Gasteiger partial charge in [-0.1, -0.05) is 5.16 Å². The number of carbonyl (C=O) groups excluding carboxylic acids is 1. The molecule has 1 N–H and O–H groups in total. The van der Waals surface area contributed by atoms with Gasteiger partial charge >= 0.3 is 11.8 Å². The van der Waals surface area contributed by atoms with Gasteiger partial charge in [-0.3, -0.25) is 4.79 Å². The molecule has 0 aliphatic rings. The largest absolute Gasteiger partial charge is 0.497 e. The summed E-state index contributed by atoms with van der Waals surface area (Å²) in [5.74, 6) is 0.891. The highest BCUT2D eigenvalue weighted by molar-refractivity contribution is 5.91. The molecule has 0 aliphatic carbocycles. The number of hydrogen-bond donors (Lipinski definition) is 1. The van der Waals surface area contributed by atoms with E-state index in [2.05, 4.69) is 15.5 Å². The van der Waals surface area contributed by atoms with E-state index in [9.17, 15) is 4.79 Å². The van der Waals surface area contributed by atoms with Crippen molar-refractivity contribution in [1.29, 1.82) is 0 Å². The molecule has 0 aliphatic heterocycles. The molecule has 8 nitrogen and oxygen atoms in total. The first kappa shape index (κ1) is 17.0. The van der Waals surface area contributed by atoms with Crippen molar-refractivity contribution in [3.8, 4) is 17.3 Å². The van der Waals surface area contributed by atoms with E-state index >= 15 is 0 Å². The minimum absolute atomic E-state index is 0.107. The minimum atomic E-state index is -0.426. The maximum atomic E-state index is 12.0. The number of aromatic nitrogens is 2. The molecule has 0 bridgehead atoms. The van der Waals surface area contributed by atoms with Crippen LogP contribution in [0.4, 0.5) is 0 Å². The van der Waals surface area contributed by atoms with Crippen LogP contribution in [0.25, 0.3) is 22.6 Å². The third-order valence-corrected chi connectivity index (χ3v) is 3.78. The average Bonchev–Trinajstić information content (AvgIpc) is 3.23. The van der Waals surface area contributed by atoms with Crippen molar-refractivity contribution in [3.05, 3.63) is 29.7 Å². The smallest absolute Gasteiger partial charge is 0.316 e. The van der Waals surface area contributed by atoms with Gasteiger partial charge in [0.25, 0.3) is 0 Å². The minimum Gasteiger partial charge on any atom is -0.497 e. The molecule has 0 radical (unpaired) electrons. The summed E-state index contributed by atoms with van der Waals surface area (Å²) >= 11 is 0.